The van der Waals surface area contributed by atoms with E-state index in [0.29, 0.717) is 19.4 Å². The van der Waals surface area contributed by atoms with Crippen molar-refractivity contribution in [3.8, 4) is 0 Å². The van der Waals surface area contributed by atoms with Gasteiger partial charge in [0.2, 0.25) is 5.91 Å². The van der Waals surface area contributed by atoms with E-state index in [1.165, 1.54) is 0 Å². The van der Waals surface area contributed by atoms with Gasteiger partial charge in [-0.05, 0) is 18.4 Å². The quantitative estimate of drug-likeness (QED) is 0.870. The highest BCUT2D eigenvalue weighted by Crippen LogP contribution is 2.35. The molecule has 1 aromatic carbocycles. The van der Waals surface area contributed by atoms with E-state index in [9.17, 15) is 14.7 Å². The Hall–Kier alpha value is -1.88. The van der Waals surface area contributed by atoms with Gasteiger partial charge in [-0.1, -0.05) is 37.3 Å². The number of benzene rings is 1. The molecular weight excluding hydrogens is 256 g/mol. The fraction of sp³-hybridized carbons (Fsp3) is 0.467. The van der Waals surface area contributed by atoms with Crippen LogP contribution >= 0.6 is 0 Å². The van der Waals surface area contributed by atoms with Crippen LogP contribution in [-0.2, 0) is 9.59 Å². The molecule has 1 saturated heterocycles. The minimum absolute atomic E-state index is 0.201. The van der Waals surface area contributed by atoms with Crippen molar-refractivity contribution >= 4 is 11.9 Å². The standard InChI is InChI=1S/C15H20N2O3/c1-2-15(14(19)20)8-9-17(10-15)13(18)12(16)11-6-4-3-5-7-11/h3-7,12H,2,8-10,16H2,1H3,(H,19,20). The molecule has 2 unspecified atom stereocenters. The van der Waals surface area contributed by atoms with E-state index >= 15 is 0 Å². The van der Waals surface area contributed by atoms with Gasteiger partial charge >= 0.3 is 5.97 Å². The van der Waals surface area contributed by atoms with Gasteiger partial charge in [0.15, 0.2) is 0 Å². The molecule has 0 saturated carbocycles. The Balaban J connectivity index is 2.10. The lowest BCUT2D eigenvalue weighted by molar-refractivity contribution is -0.148. The van der Waals surface area contributed by atoms with Crippen molar-refractivity contribution in [2.75, 3.05) is 13.1 Å². The van der Waals surface area contributed by atoms with E-state index in [0.717, 1.165) is 5.56 Å². The van der Waals surface area contributed by atoms with E-state index in [-0.39, 0.29) is 12.5 Å². The Bertz CT molecular complexity index is 503. The van der Waals surface area contributed by atoms with Gasteiger partial charge in [-0.15, -0.1) is 0 Å². The first-order valence-electron chi connectivity index (χ1n) is 6.83. The van der Waals surface area contributed by atoms with Gasteiger partial charge in [-0.25, -0.2) is 0 Å². The van der Waals surface area contributed by atoms with Crippen molar-refractivity contribution in [2.45, 2.75) is 25.8 Å². The van der Waals surface area contributed by atoms with Gasteiger partial charge in [0, 0.05) is 13.1 Å². The third-order valence-electron chi connectivity index (χ3n) is 4.22. The van der Waals surface area contributed by atoms with Crippen LogP contribution in [0, 0.1) is 5.41 Å². The summed E-state index contributed by atoms with van der Waals surface area (Å²) in [6, 6.07) is 8.42. The minimum Gasteiger partial charge on any atom is -0.481 e. The second-order valence-corrected chi connectivity index (χ2v) is 5.34. The zero-order valence-electron chi connectivity index (χ0n) is 11.6. The van der Waals surface area contributed by atoms with Crippen LogP contribution in [0.4, 0.5) is 0 Å². The van der Waals surface area contributed by atoms with Crippen LogP contribution in [0.5, 0.6) is 0 Å². The highest BCUT2D eigenvalue weighted by Gasteiger charge is 2.45. The van der Waals surface area contributed by atoms with Crippen LogP contribution in [0.15, 0.2) is 30.3 Å². The van der Waals surface area contributed by atoms with Crippen LogP contribution in [0.1, 0.15) is 31.4 Å². The highest BCUT2D eigenvalue weighted by atomic mass is 16.4. The molecule has 0 spiro atoms. The minimum atomic E-state index is -0.830. The second-order valence-electron chi connectivity index (χ2n) is 5.34. The molecule has 108 valence electrons. The van der Waals surface area contributed by atoms with Gasteiger partial charge in [-0.3, -0.25) is 9.59 Å². The molecule has 0 radical (unpaired) electrons. The monoisotopic (exact) mass is 276 g/mol. The molecule has 1 aromatic rings. The lowest BCUT2D eigenvalue weighted by Crippen LogP contribution is -2.40. The molecule has 0 aromatic heterocycles. The normalized spacial score (nSPS) is 23.6. The first kappa shape index (κ1) is 14.5. The first-order valence-corrected chi connectivity index (χ1v) is 6.83. The zero-order valence-corrected chi connectivity index (χ0v) is 11.6. The number of carboxylic acid groups (broad SMARTS) is 1. The maximum absolute atomic E-state index is 12.4. The Morgan fingerprint density at radius 3 is 2.55 bits per heavy atom. The van der Waals surface area contributed by atoms with E-state index in [2.05, 4.69) is 0 Å². The fourth-order valence-electron chi connectivity index (χ4n) is 2.67. The molecule has 5 nitrogen and oxygen atoms in total. The van der Waals surface area contributed by atoms with Crippen molar-refractivity contribution in [3.05, 3.63) is 35.9 Å². The molecule has 1 fully saturated rings. The van der Waals surface area contributed by atoms with Gasteiger partial charge in [0.1, 0.15) is 6.04 Å². The number of carbonyl (C=O) groups is 2. The number of amides is 1. The van der Waals surface area contributed by atoms with Gasteiger partial charge in [-0.2, -0.15) is 0 Å². The maximum atomic E-state index is 12.4. The van der Waals surface area contributed by atoms with Crippen molar-refractivity contribution < 1.29 is 14.7 Å². The molecule has 5 heteroatoms. The average Bonchev–Trinajstić information content (AvgIpc) is 2.92. The average molecular weight is 276 g/mol. The molecule has 2 atom stereocenters. The van der Waals surface area contributed by atoms with Crippen molar-refractivity contribution in [1.29, 1.82) is 0 Å². The van der Waals surface area contributed by atoms with Crippen molar-refractivity contribution in [3.63, 3.8) is 0 Å². The van der Waals surface area contributed by atoms with Gasteiger partial charge in [0.05, 0.1) is 5.41 Å². The van der Waals surface area contributed by atoms with Gasteiger partial charge in [0.25, 0.3) is 0 Å². The Morgan fingerprint density at radius 1 is 1.40 bits per heavy atom. The number of hydrogen-bond acceptors (Lipinski definition) is 3. The number of nitrogens with zero attached hydrogens (tertiary/aromatic N) is 1. The topological polar surface area (TPSA) is 83.6 Å². The first-order chi connectivity index (χ1) is 9.50. The lowest BCUT2D eigenvalue weighted by atomic mass is 9.84. The fourth-order valence-corrected chi connectivity index (χ4v) is 2.67. The predicted octanol–water partition coefficient (Wildman–Crippen LogP) is 1.40. The summed E-state index contributed by atoms with van der Waals surface area (Å²) in [5, 5.41) is 9.35. The van der Waals surface area contributed by atoms with Crippen LogP contribution in [-0.4, -0.2) is 35.0 Å². The molecule has 2 rings (SSSR count). The number of hydrogen-bond donors (Lipinski definition) is 2. The Morgan fingerprint density at radius 2 is 2.05 bits per heavy atom. The maximum Gasteiger partial charge on any atom is 0.311 e. The van der Waals surface area contributed by atoms with E-state index in [4.69, 9.17) is 5.73 Å². The number of carboxylic acids is 1. The van der Waals surface area contributed by atoms with Crippen LogP contribution in [0.2, 0.25) is 0 Å². The summed E-state index contributed by atoms with van der Waals surface area (Å²) >= 11 is 0. The van der Waals surface area contributed by atoms with E-state index in [1.54, 1.807) is 4.90 Å². The predicted molar refractivity (Wildman–Crippen MR) is 74.9 cm³/mol. The van der Waals surface area contributed by atoms with Gasteiger partial charge < -0.3 is 15.7 Å². The van der Waals surface area contributed by atoms with Crippen LogP contribution < -0.4 is 5.73 Å². The van der Waals surface area contributed by atoms with E-state index < -0.39 is 17.4 Å². The number of rotatable bonds is 4. The molecule has 1 amide bonds. The molecular formula is C15H20N2O3. The summed E-state index contributed by atoms with van der Waals surface area (Å²) in [4.78, 5) is 25.4. The second kappa shape index (κ2) is 5.63. The summed E-state index contributed by atoms with van der Waals surface area (Å²) in [6.45, 7) is 2.55. The molecule has 1 aliphatic heterocycles. The molecule has 0 aliphatic carbocycles. The zero-order chi connectivity index (χ0) is 14.8. The summed E-state index contributed by atoms with van der Waals surface area (Å²) < 4.78 is 0. The SMILES string of the molecule is CCC1(C(=O)O)CCN(C(=O)C(N)c2ccccc2)C1. The third-order valence-corrected chi connectivity index (χ3v) is 4.22. The molecule has 0 bridgehead atoms. The smallest absolute Gasteiger partial charge is 0.311 e. The lowest BCUT2D eigenvalue weighted by Gasteiger charge is -2.25. The van der Waals surface area contributed by atoms with Crippen molar-refractivity contribution in [2.24, 2.45) is 11.1 Å². The van der Waals surface area contributed by atoms with E-state index in [1.807, 2.05) is 37.3 Å². The van der Waals surface area contributed by atoms with Crippen LogP contribution in [0.3, 0.4) is 0 Å². The van der Waals surface area contributed by atoms with Crippen LogP contribution in [0.25, 0.3) is 0 Å². The molecule has 20 heavy (non-hydrogen) atoms. The third kappa shape index (κ3) is 2.54. The van der Waals surface area contributed by atoms with Crippen molar-refractivity contribution in [1.82, 2.24) is 4.90 Å². The summed E-state index contributed by atoms with van der Waals surface area (Å²) in [6.07, 6.45) is 1.01. The summed E-state index contributed by atoms with van der Waals surface area (Å²) in [5.74, 6) is -1.03. The molecule has 3 N–H and O–H groups in total. The number of nitrogens with two attached hydrogens (primary N) is 1. The summed E-state index contributed by atoms with van der Waals surface area (Å²) in [5.41, 5.74) is 5.92. The molecule has 1 aliphatic rings. The Kier molecular flexibility index (Phi) is 4.09. The largest absolute Gasteiger partial charge is 0.481 e. The summed E-state index contributed by atoms with van der Waals surface area (Å²) in [7, 11) is 0. The Labute approximate surface area is 118 Å². The molecule has 1 heterocycles. The number of aliphatic carboxylic acids is 1. The number of likely N-dealkylation sites (tertiary alicyclic amines) is 1. The number of carbonyl (C=O) groups excluding carboxylic acids is 1. The highest BCUT2D eigenvalue weighted by molar-refractivity contribution is 5.85.